The maximum absolute atomic E-state index is 8.60. The molecule has 0 saturated heterocycles. The molecule has 0 saturated carbocycles. The van der Waals surface area contributed by atoms with E-state index in [4.69, 9.17) is 20.4 Å². The molecule has 0 radical (unpaired) electrons. The van der Waals surface area contributed by atoms with Crippen molar-refractivity contribution in [3.63, 3.8) is 0 Å². The van der Waals surface area contributed by atoms with Gasteiger partial charge in [-0.1, -0.05) is 17.3 Å². The quantitative estimate of drug-likeness (QED) is 0.254. The number of rotatable bonds is 7. The number of hydrogen-bond donors (Lipinski definition) is 2. The Hall–Kier alpha value is -1.59. The topological polar surface area (TPSA) is 77.1 Å². The third-order valence-electron chi connectivity index (χ3n) is 2.58. The molecule has 5 heteroatoms. The fourth-order valence-electron chi connectivity index (χ4n) is 1.52. The fraction of sp³-hybridized carbons (Fsp3) is 0.462. The summed E-state index contributed by atoms with van der Waals surface area (Å²) < 4.78 is 10.7. The third kappa shape index (κ3) is 4.35. The van der Waals surface area contributed by atoms with Crippen LogP contribution in [0.25, 0.3) is 0 Å². The SMILES string of the molecule is CCOCCOCc1ccc(/C(N)=N/O)cc1C. The predicted molar refractivity (Wildman–Crippen MR) is 69.8 cm³/mol. The van der Waals surface area contributed by atoms with E-state index in [2.05, 4.69) is 5.16 Å². The first-order valence-electron chi connectivity index (χ1n) is 5.92. The second kappa shape index (κ2) is 7.68. The van der Waals surface area contributed by atoms with Crippen molar-refractivity contribution >= 4 is 5.84 Å². The average molecular weight is 252 g/mol. The molecule has 0 aliphatic rings. The van der Waals surface area contributed by atoms with E-state index in [0.717, 1.165) is 11.1 Å². The minimum Gasteiger partial charge on any atom is -0.409 e. The van der Waals surface area contributed by atoms with Gasteiger partial charge in [0.25, 0.3) is 0 Å². The number of amidine groups is 1. The Morgan fingerprint density at radius 1 is 1.33 bits per heavy atom. The van der Waals surface area contributed by atoms with E-state index in [1.807, 2.05) is 32.0 Å². The number of ether oxygens (including phenoxy) is 2. The van der Waals surface area contributed by atoms with Crippen molar-refractivity contribution in [1.29, 1.82) is 0 Å². The first kappa shape index (κ1) is 14.5. The summed E-state index contributed by atoms with van der Waals surface area (Å²) in [5.74, 6) is 0.113. The van der Waals surface area contributed by atoms with Gasteiger partial charge in [-0.25, -0.2) is 0 Å². The highest BCUT2D eigenvalue weighted by atomic mass is 16.5. The number of hydrogen-bond acceptors (Lipinski definition) is 4. The Bertz CT molecular complexity index is 405. The summed E-state index contributed by atoms with van der Waals surface area (Å²) in [4.78, 5) is 0. The average Bonchev–Trinajstić information content (AvgIpc) is 2.39. The number of nitrogens with zero attached hydrogens (tertiary/aromatic N) is 1. The molecule has 0 bridgehead atoms. The summed E-state index contributed by atoms with van der Waals surface area (Å²) in [6, 6.07) is 5.60. The van der Waals surface area contributed by atoms with Crippen molar-refractivity contribution in [1.82, 2.24) is 0 Å². The summed E-state index contributed by atoms with van der Waals surface area (Å²) in [7, 11) is 0. The first-order valence-corrected chi connectivity index (χ1v) is 5.92. The van der Waals surface area contributed by atoms with Crippen LogP contribution in [-0.4, -0.2) is 30.9 Å². The highest BCUT2D eigenvalue weighted by Gasteiger charge is 2.03. The first-order chi connectivity index (χ1) is 8.69. The molecule has 100 valence electrons. The molecule has 0 aromatic heterocycles. The summed E-state index contributed by atoms with van der Waals surface area (Å²) in [5.41, 5.74) is 8.36. The van der Waals surface area contributed by atoms with Gasteiger partial charge in [0, 0.05) is 12.2 Å². The van der Waals surface area contributed by atoms with E-state index >= 15 is 0 Å². The molecule has 0 aliphatic carbocycles. The number of benzene rings is 1. The van der Waals surface area contributed by atoms with Crippen LogP contribution in [0.5, 0.6) is 0 Å². The molecule has 1 rings (SSSR count). The van der Waals surface area contributed by atoms with Gasteiger partial charge in [-0.15, -0.1) is 0 Å². The van der Waals surface area contributed by atoms with Crippen LogP contribution < -0.4 is 5.73 Å². The minimum absolute atomic E-state index is 0.113. The van der Waals surface area contributed by atoms with E-state index in [-0.39, 0.29) is 5.84 Å². The second-order valence-corrected chi connectivity index (χ2v) is 3.88. The molecule has 0 unspecified atom stereocenters. The molecule has 0 atom stereocenters. The third-order valence-corrected chi connectivity index (χ3v) is 2.58. The summed E-state index contributed by atoms with van der Waals surface area (Å²) in [6.45, 7) is 6.35. The lowest BCUT2D eigenvalue weighted by molar-refractivity contribution is 0.0451. The van der Waals surface area contributed by atoms with Crippen LogP contribution in [0.1, 0.15) is 23.6 Å². The molecule has 1 aromatic rings. The standard InChI is InChI=1S/C13H20N2O3/c1-3-17-6-7-18-9-12-5-4-11(8-10(12)2)13(14)15-16/h4-5,8,16H,3,6-7,9H2,1-2H3,(H2,14,15). The summed E-state index contributed by atoms with van der Waals surface area (Å²) in [5, 5.41) is 11.6. The van der Waals surface area contributed by atoms with Crippen molar-refractivity contribution in [2.45, 2.75) is 20.5 Å². The summed E-state index contributed by atoms with van der Waals surface area (Å²) >= 11 is 0. The molecule has 5 nitrogen and oxygen atoms in total. The van der Waals surface area contributed by atoms with Crippen LogP contribution in [-0.2, 0) is 16.1 Å². The Kier molecular flexibility index (Phi) is 6.18. The van der Waals surface area contributed by atoms with Crippen molar-refractivity contribution in [3.05, 3.63) is 34.9 Å². The highest BCUT2D eigenvalue weighted by Crippen LogP contribution is 2.12. The van der Waals surface area contributed by atoms with Crippen LogP contribution in [0.15, 0.2) is 23.4 Å². The second-order valence-electron chi connectivity index (χ2n) is 3.88. The molecule has 0 heterocycles. The lowest BCUT2D eigenvalue weighted by Gasteiger charge is -2.09. The molecular formula is C13H20N2O3. The van der Waals surface area contributed by atoms with Crippen LogP contribution >= 0.6 is 0 Å². The van der Waals surface area contributed by atoms with E-state index in [0.29, 0.717) is 32.0 Å². The van der Waals surface area contributed by atoms with Crippen molar-refractivity contribution < 1.29 is 14.7 Å². The van der Waals surface area contributed by atoms with Crippen molar-refractivity contribution in [3.8, 4) is 0 Å². The van der Waals surface area contributed by atoms with Crippen LogP contribution in [0, 0.1) is 6.92 Å². The molecule has 18 heavy (non-hydrogen) atoms. The largest absolute Gasteiger partial charge is 0.409 e. The molecule has 0 fully saturated rings. The smallest absolute Gasteiger partial charge is 0.170 e. The molecule has 0 amide bonds. The normalized spacial score (nSPS) is 11.8. The lowest BCUT2D eigenvalue weighted by Crippen LogP contribution is -2.13. The van der Waals surface area contributed by atoms with Gasteiger partial charge in [0.05, 0.1) is 19.8 Å². The van der Waals surface area contributed by atoms with Gasteiger partial charge in [-0.3, -0.25) is 0 Å². The van der Waals surface area contributed by atoms with E-state index < -0.39 is 0 Å². The number of nitrogens with two attached hydrogens (primary N) is 1. The summed E-state index contributed by atoms with van der Waals surface area (Å²) in [6.07, 6.45) is 0. The van der Waals surface area contributed by atoms with Crippen molar-refractivity contribution in [2.24, 2.45) is 10.9 Å². The predicted octanol–water partition coefficient (Wildman–Crippen LogP) is 1.64. The van der Waals surface area contributed by atoms with Gasteiger partial charge >= 0.3 is 0 Å². The van der Waals surface area contributed by atoms with E-state index in [1.54, 1.807) is 0 Å². The Morgan fingerprint density at radius 3 is 2.67 bits per heavy atom. The van der Waals surface area contributed by atoms with Gasteiger partial charge in [-0.2, -0.15) is 0 Å². The Balaban J connectivity index is 2.52. The number of aryl methyl sites for hydroxylation is 1. The van der Waals surface area contributed by atoms with E-state index in [1.165, 1.54) is 0 Å². The maximum Gasteiger partial charge on any atom is 0.170 e. The molecule has 3 N–H and O–H groups in total. The van der Waals surface area contributed by atoms with Gasteiger partial charge in [0.15, 0.2) is 5.84 Å². The van der Waals surface area contributed by atoms with Crippen molar-refractivity contribution in [2.75, 3.05) is 19.8 Å². The molecule has 0 spiro atoms. The van der Waals surface area contributed by atoms with Crippen LogP contribution in [0.2, 0.25) is 0 Å². The zero-order valence-electron chi connectivity index (χ0n) is 10.8. The Labute approximate surface area is 107 Å². The van der Waals surface area contributed by atoms with Crippen LogP contribution in [0.4, 0.5) is 0 Å². The molecule has 1 aromatic carbocycles. The van der Waals surface area contributed by atoms with Gasteiger partial charge in [-0.05, 0) is 31.0 Å². The monoisotopic (exact) mass is 252 g/mol. The number of oxime groups is 1. The lowest BCUT2D eigenvalue weighted by atomic mass is 10.1. The van der Waals surface area contributed by atoms with E-state index in [9.17, 15) is 0 Å². The van der Waals surface area contributed by atoms with Gasteiger partial charge < -0.3 is 20.4 Å². The zero-order chi connectivity index (χ0) is 13.4. The zero-order valence-corrected chi connectivity index (χ0v) is 10.8. The fourth-order valence-corrected chi connectivity index (χ4v) is 1.52. The minimum atomic E-state index is 0.113. The molecular weight excluding hydrogens is 232 g/mol. The Morgan fingerprint density at radius 2 is 2.06 bits per heavy atom. The molecule has 0 aliphatic heterocycles. The van der Waals surface area contributed by atoms with Gasteiger partial charge in [0.2, 0.25) is 0 Å². The van der Waals surface area contributed by atoms with Crippen LogP contribution in [0.3, 0.4) is 0 Å². The van der Waals surface area contributed by atoms with Gasteiger partial charge in [0.1, 0.15) is 0 Å². The highest BCUT2D eigenvalue weighted by molar-refractivity contribution is 5.97. The maximum atomic E-state index is 8.60.